The molecule has 1 fully saturated rings. The van der Waals surface area contributed by atoms with Crippen LogP contribution in [0.3, 0.4) is 0 Å². The molecule has 3 rings (SSSR count). The number of nitrogens with one attached hydrogen (secondary N) is 1. The number of alkyl halides is 6. The molecule has 1 aliphatic rings. The normalized spacial score (nSPS) is 17.1. The SMILES string of the molecule is C.C[C@@H]1CN(c2ncccc2C(F)(F)F)CCN1C(=O)Nc1ccc(Cl)c(C(F)(F)F)c1. The minimum Gasteiger partial charge on any atom is -0.352 e. The Balaban J connectivity index is 0.00000363. The van der Waals surface area contributed by atoms with E-state index in [-0.39, 0.29) is 38.6 Å². The van der Waals surface area contributed by atoms with Crippen molar-refractivity contribution in [1.29, 1.82) is 0 Å². The highest BCUT2D eigenvalue weighted by molar-refractivity contribution is 6.31. The number of carbonyl (C=O) groups is 1. The van der Waals surface area contributed by atoms with Gasteiger partial charge < -0.3 is 15.1 Å². The maximum Gasteiger partial charge on any atom is 0.419 e. The van der Waals surface area contributed by atoms with Crippen molar-refractivity contribution in [2.45, 2.75) is 32.7 Å². The Morgan fingerprint density at radius 3 is 2.34 bits per heavy atom. The molecule has 2 aromatic rings. The van der Waals surface area contributed by atoms with Gasteiger partial charge in [0.1, 0.15) is 5.82 Å². The molecule has 1 aliphatic heterocycles. The average molecular weight is 483 g/mol. The molecule has 2 amide bonds. The summed E-state index contributed by atoms with van der Waals surface area (Å²) in [4.78, 5) is 19.2. The smallest absolute Gasteiger partial charge is 0.352 e. The lowest BCUT2D eigenvalue weighted by Gasteiger charge is -2.40. The van der Waals surface area contributed by atoms with Crippen LogP contribution in [0.1, 0.15) is 25.5 Å². The number of anilines is 2. The second-order valence-electron chi connectivity index (χ2n) is 6.98. The summed E-state index contributed by atoms with van der Waals surface area (Å²) in [5, 5.41) is 1.89. The first-order valence-electron chi connectivity index (χ1n) is 9.09. The molecular weight excluding hydrogens is 462 g/mol. The van der Waals surface area contributed by atoms with Gasteiger partial charge in [-0.2, -0.15) is 26.3 Å². The van der Waals surface area contributed by atoms with Gasteiger partial charge >= 0.3 is 18.4 Å². The molecule has 0 saturated carbocycles. The van der Waals surface area contributed by atoms with Crippen molar-refractivity contribution in [2.75, 3.05) is 29.9 Å². The summed E-state index contributed by atoms with van der Waals surface area (Å²) in [5.74, 6) is -0.227. The molecule has 1 atom stereocenters. The molecule has 1 saturated heterocycles. The van der Waals surface area contributed by atoms with E-state index in [1.807, 2.05) is 0 Å². The van der Waals surface area contributed by atoms with Crippen LogP contribution in [-0.2, 0) is 12.4 Å². The molecule has 0 radical (unpaired) electrons. The van der Waals surface area contributed by atoms with Crippen LogP contribution in [0.5, 0.6) is 0 Å². The summed E-state index contributed by atoms with van der Waals surface area (Å²) in [7, 11) is 0. The summed E-state index contributed by atoms with van der Waals surface area (Å²) in [6.07, 6.45) is -8.01. The van der Waals surface area contributed by atoms with Crippen LogP contribution in [0.15, 0.2) is 36.5 Å². The van der Waals surface area contributed by atoms with Crippen molar-refractivity contribution >= 4 is 29.1 Å². The van der Waals surface area contributed by atoms with Crippen LogP contribution in [-0.4, -0.2) is 41.6 Å². The van der Waals surface area contributed by atoms with Crippen LogP contribution in [0, 0.1) is 0 Å². The van der Waals surface area contributed by atoms with E-state index in [2.05, 4.69) is 10.3 Å². The van der Waals surface area contributed by atoms with Crippen molar-refractivity contribution < 1.29 is 31.1 Å². The van der Waals surface area contributed by atoms with E-state index in [9.17, 15) is 31.1 Å². The summed E-state index contributed by atoms with van der Waals surface area (Å²) in [6.45, 7) is 1.83. The lowest BCUT2D eigenvalue weighted by molar-refractivity contribution is -0.138. The Morgan fingerprint density at radius 2 is 1.75 bits per heavy atom. The van der Waals surface area contributed by atoms with Gasteiger partial charge in [-0.05, 0) is 37.3 Å². The molecule has 0 aliphatic carbocycles. The molecular formula is C20H21ClF6N4O. The number of benzene rings is 1. The van der Waals surface area contributed by atoms with Crippen LogP contribution < -0.4 is 10.2 Å². The highest BCUT2D eigenvalue weighted by Crippen LogP contribution is 2.37. The maximum atomic E-state index is 13.3. The fourth-order valence-electron chi connectivity index (χ4n) is 3.34. The van der Waals surface area contributed by atoms with Gasteiger partial charge in [-0.1, -0.05) is 19.0 Å². The van der Waals surface area contributed by atoms with Gasteiger partial charge in [-0.3, -0.25) is 0 Å². The molecule has 1 N–H and O–H groups in total. The molecule has 1 aromatic heterocycles. The van der Waals surface area contributed by atoms with Crippen molar-refractivity contribution in [3.63, 3.8) is 0 Å². The molecule has 0 bridgehead atoms. The Hall–Kier alpha value is -2.69. The van der Waals surface area contributed by atoms with Crippen molar-refractivity contribution in [3.8, 4) is 0 Å². The predicted molar refractivity (Wildman–Crippen MR) is 110 cm³/mol. The second kappa shape index (κ2) is 9.43. The van der Waals surface area contributed by atoms with E-state index in [0.717, 1.165) is 18.2 Å². The first-order valence-corrected chi connectivity index (χ1v) is 9.47. The molecule has 176 valence electrons. The van der Waals surface area contributed by atoms with E-state index in [1.165, 1.54) is 28.1 Å². The lowest BCUT2D eigenvalue weighted by Crippen LogP contribution is -2.55. The van der Waals surface area contributed by atoms with Crippen LogP contribution in [0.2, 0.25) is 5.02 Å². The third-order valence-electron chi connectivity index (χ3n) is 4.80. The Kier molecular flexibility index (Phi) is 7.54. The fraction of sp³-hybridized carbons (Fsp3) is 0.400. The molecule has 12 heteroatoms. The van der Waals surface area contributed by atoms with E-state index in [1.54, 1.807) is 6.92 Å². The quantitative estimate of drug-likeness (QED) is 0.522. The number of urea groups is 1. The minimum absolute atomic E-state index is 0. The number of carbonyl (C=O) groups excluding carboxylic acids is 1. The first kappa shape index (κ1) is 25.6. The molecule has 1 aromatic carbocycles. The minimum atomic E-state index is -4.68. The van der Waals surface area contributed by atoms with E-state index >= 15 is 0 Å². The third kappa shape index (κ3) is 5.56. The number of pyridine rings is 1. The zero-order valence-corrected chi connectivity index (χ0v) is 16.8. The highest BCUT2D eigenvalue weighted by Gasteiger charge is 2.38. The van der Waals surface area contributed by atoms with Gasteiger partial charge in [0.15, 0.2) is 0 Å². The molecule has 5 nitrogen and oxygen atoms in total. The first-order chi connectivity index (χ1) is 14.4. The summed E-state index contributed by atoms with van der Waals surface area (Å²) < 4.78 is 78.8. The largest absolute Gasteiger partial charge is 0.419 e. The lowest BCUT2D eigenvalue weighted by atomic mass is 10.1. The van der Waals surface area contributed by atoms with Gasteiger partial charge in [0.25, 0.3) is 0 Å². The standard InChI is InChI=1S/C19H17ClF6N4O.CH4/c1-11-10-29(16-13(18(21,22)23)3-2-6-27-16)7-8-30(11)17(31)28-12-4-5-15(20)14(9-12)19(24,25)26;/h2-6,9,11H,7-8,10H2,1H3,(H,28,31);1H4/t11-;/m1./s1. The topological polar surface area (TPSA) is 48.5 Å². The fourth-order valence-corrected chi connectivity index (χ4v) is 3.56. The molecule has 0 spiro atoms. The number of amides is 2. The predicted octanol–water partition coefficient (Wildman–Crippen LogP) is 6.15. The molecule has 2 heterocycles. The van der Waals surface area contributed by atoms with Crippen molar-refractivity contribution in [1.82, 2.24) is 9.88 Å². The monoisotopic (exact) mass is 482 g/mol. The van der Waals surface area contributed by atoms with Gasteiger partial charge in [0.05, 0.1) is 16.1 Å². The Bertz CT molecular complexity index is 966. The van der Waals surface area contributed by atoms with E-state index in [4.69, 9.17) is 11.6 Å². The average Bonchev–Trinajstić information content (AvgIpc) is 2.67. The molecule has 0 unspecified atom stereocenters. The second-order valence-corrected chi connectivity index (χ2v) is 7.39. The van der Waals surface area contributed by atoms with Crippen LogP contribution in [0.25, 0.3) is 0 Å². The van der Waals surface area contributed by atoms with Crippen molar-refractivity contribution in [2.24, 2.45) is 0 Å². The van der Waals surface area contributed by atoms with Crippen LogP contribution >= 0.6 is 11.6 Å². The summed E-state index contributed by atoms with van der Waals surface area (Å²) in [5.41, 5.74) is -2.05. The summed E-state index contributed by atoms with van der Waals surface area (Å²) in [6, 6.07) is 3.93. The van der Waals surface area contributed by atoms with Gasteiger partial charge in [-0.25, -0.2) is 9.78 Å². The van der Waals surface area contributed by atoms with Gasteiger partial charge in [0, 0.05) is 37.6 Å². The number of nitrogens with zero attached hydrogens (tertiary/aromatic N) is 3. The highest BCUT2D eigenvalue weighted by atomic mass is 35.5. The van der Waals surface area contributed by atoms with E-state index < -0.39 is 40.6 Å². The van der Waals surface area contributed by atoms with Gasteiger partial charge in [-0.15, -0.1) is 0 Å². The zero-order valence-electron chi connectivity index (χ0n) is 16.1. The zero-order chi connectivity index (χ0) is 23.0. The maximum absolute atomic E-state index is 13.3. The van der Waals surface area contributed by atoms with Crippen LogP contribution in [0.4, 0.5) is 42.6 Å². The molecule has 32 heavy (non-hydrogen) atoms. The number of rotatable bonds is 2. The number of hydrogen-bond donors (Lipinski definition) is 1. The Morgan fingerprint density at radius 1 is 1.09 bits per heavy atom. The van der Waals surface area contributed by atoms with Crippen molar-refractivity contribution in [3.05, 3.63) is 52.7 Å². The third-order valence-corrected chi connectivity index (χ3v) is 5.13. The number of piperazine rings is 1. The number of halogens is 7. The number of hydrogen-bond acceptors (Lipinski definition) is 3. The van der Waals surface area contributed by atoms with Gasteiger partial charge in [0.2, 0.25) is 0 Å². The van der Waals surface area contributed by atoms with E-state index in [0.29, 0.717) is 0 Å². The summed E-state index contributed by atoms with van der Waals surface area (Å²) >= 11 is 5.57. The Labute approximate surface area is 186 Å². The number of aromatic nitrogens is 1.